The van der Waals surface area contributed by atoms with Gasteiger partial charge < -0.3 is 9.88 Å². The van der Waals surface area contributed by atoms with E-state index in [0.717, 1.165) is 47.6 Å². The lowest BCUT2D eigenvalue weighted by molar-refractivity contribution is 0.483. The smallest absolute Gasteiger partial charge is 0.0999 e. The third-order valence-electron chi connectivity index (χ3n) is 5.77. The molecule has 0 aliphatic carbocycles. The second kappa shape index (κ2) is 12.0. The number of rotatable bonds is 7. The molecule has 3 aromatic heterocycles. The molecule has 2 atom stereocenters. The van der Waals surface area contributed by atoms with Crippen LogP contribution in [0.25, 0.3) is 22.3 Å². The summed E-state index contributed by atoms with van der Waals surface area (Å²) in [5, 5.41) is 10.3. The van der Waals surface area contributed by atoms with Crippen LogP contribution in [0.1, 0.15) is 40.0 Å². The summed E-state index contributed by atoms with van der Waals surface area (Å²) in [6, 6.07) is 6.98. The molecule has 0 aromatic carbocycles. The van der Waals surface area contributed by atoms with Gasteiger partial charge in [0.15, 0.2) is 0 Å². The van der Waals surface area contributed by atoms with Crippen molar-refractivity contribution in [2.75, 3.05) is 12.3 Å². The summed E-state index contributed by atoms with van der Waals surface area (Å²) in [7, 11) is 0. The normalized spacial score (nSPS) is 19.3. The molecule has 3 aromatic rings. The van der Waals surface area contributed by atoms with Crippen LogP contribution in [-0.2, 0) is 6.54 Å². The van der Waals surface area contributed by atoms with Gasteiger partial charge >= 0.3 is 0 Å². The van der Waals surface area contributed by atoms with E-state index < -0.39 is 0 Å². The van der Waals surface area contributed by atoms with Crippen molar-refractivity contribution in [1.82, 2.24) is 25.1 Å². The average molecular weight is 456 g/mol. The number of hydrogen-bond acceptors (Lipinski definition) is 4. The van der Waals surface area contributed by atoms with E-state index >= 15 is 0 Å². The zero-order valence-corrected chi connectivity index (χ0v) is 20.1. The van der Waals surface area contributed by atoms with Crippen LogP contribution in [-0.4, -0.2) is 38.1 Å². The number of thiol groups is 1. The molecule has 0 radical (unpaired) electrons. The molecule has 1 aliphatic rings. The standard InChI is InChI=1S/C16H19N5.C9H15FS/c1-11-6-12(7-17-11)10-21-5-4-15-16(21)3-2-14(20-15)13-8-18-19-9-13;1-3-8(5-6-11)7-9(10)4-2/h2-5,8-9,11-12,17H,6-7,10H2,1H3,(H,18,19);3,7,11H,4-6H2,1-2H3/b;8-3-,9-7+. The number of hydrogen-bond donors (Lipinski definition) is 3. The highest BCUT2D eigenvalue weighted by atomic mass is 32.1. The second-order valence-corrected chi connectivity index (χ2v) is 8.70. The summed E-state index contributed by atoms with van der Waals surface area (Å²) in [4.78, 5) is 4.73. The summed E-state index contributed by atoms with van der Waals surface area (Å²) in [5.41, 5.74) is 5.28. The molecule has 172 valence electrons. The highest BCUT2D eigenvalue weighted by Gasteiger charge is 2.21. The minimum Gasteiger partial charge on any atom is -0.346 e. The molecule has 2 N–H and O–H groups in total. The van der Waals surface area contributed by atoms with Crippen LogP contribution < -0.4 is 5.32 Å². The van der Waals surface area contributed by atoms with Gasteiger partial charge in [-0.1, -0.05) is 13.0 Å². The molecular weight excluding hydrogens is 421 g/mol. The molecular formula is C25H34FN5S. The molecule has 7 heteroatoms. The first kappa shape index (κ1) is 24.3. The molecule has 4 rings (SSSR count). The summed E-state index contributed by atoms with van der Waals surface area (Å²) in [6.45, 7) is 8.15. The number of aromatic amines is 1. The number of halogens is 1. The van der Waals surface area contributed by atoms with Crippen molar-refractivity contribution in [2.45, 2.75) is 52.6 Å². The Morgan fingerprint density at radius 2 is 2.19 bits per heavy atom. The first-order chi connectivity index (χ1) is 15.5. The van der Waals surface area contributed by atoms with E-state index in [1.807, 2.05) is 19.2 Å². The summed E-state index contributed by atoms with van der Waals surface area (Å²) in [6.07, 6.45) is 11.9. The van der Waals surface area contributed by atoms with Crippen molar-refractivity contribution in [2.24, 2.45) is 5.92 Å². The number of nitrogens with zero attached hydrogens (tertiary/aromatic N) is 3. The monoisotopic (exact) mass is 455 g/mol. The molecule has 2 unspecified atom stereocenters. The minimum absolute atomic E-state index is 0.0557. The Kier molecular flexibility index (Phi) is 9.11. The zero-order valence-electron chi connectivity index (χ0n) is 19.2. The Morgan fingerprint density at radius 3 is 2.81 bits per heavy atom. The van der Waals surface area contributed by atoms with Crippen LogP contribution in [0.5, 0.6) is 0 Å². The fourth-order valence-corrected chi connectivity index (χ4v) is 4.23. The third-order valence-corrected chi connectivity index (χ3v) is 5.99. The van der Waals surface area contributed by atoms with Gasteiger partial charge in [-0.2, -0.15) is 17.7 Å². The Morgan fingerprint density at radius 1 is 1.34 bits per heavy atom. The third kappa shape index (κ3) is 6.56. The van der Waals surface area contributed by atoms with Crippen LogP contribution in [0.2, 0.25) is 0 Å². The van der Waals surface area contributed by atoms with Crippen molar-refractivity contribution < 1.29 is 4.39 Å². The minimum atomic E-state index is -0.0557. The molecule has 1 saturated heterocycles. The Hall–Kier alpha value is -2.38. The molecule has 0 amide bonds. The van der Waals surface area contributed by atoms with Crippen LogP contribution in [0.4, 0.5) is 4.39 Å². The van der Waals surface area contributed by atoms with Crippen molar-refractivity contribution in [3.63, 3.8) is 0 Å². The Labute approximate surface area is 195 Å². The summed E-state index contributed by atoms with van der Waals surface area (Å²) in [5.74, 6) is 1.43. The first-order valence-electron chi connectivity index (χ1n) is 11.3. The number of allylic oxidation sites excluding steroid dienone is 4. The van der Waals surface area contributed by atoms with E-state index in [9.17, 15) is 4.39 Å². The maximum atomic E-state index is 12.7. The fraction of sp³-hybridized carbons (Fsp3) is 0.440. The summed E-state index contributed by atoms with van der Waals surface area (Å²) >= 11 is 4.07. The summed E-state index contributed by atoms with van der Waals surface area (Å²) < 4.78 is 15.0. The van der Waals surface area contributed by atoms with E-state index in [4.69, 9.17) is 4.98 Å². The lowest BCUT2D eigenvalue weighted by Crippen LogP contribution is -2.17. The van der Waals surface area contributed by atoms with Gasteiger partial charge in [0, 0.05) is 30.5 Å². The van der Waals surface area contributed by atoms with E-state index in [-0.39, 0.29) is 5.83 Å². The quantitative estimate of drug-likeness (QED) is 0.305. The average Bonchev–Trinajstić information content (AvgIpc) is 3.56. The van der Waals surface area contributed by atoms with Gasteiger partial charge in [0.2, 0.25) is 0 Å². The van der Waals surface area contributed by atoms with Gasteiger partial charge in [-0.3, -0.25) is 5.10 Å². The van der Waals surface area contributed by atoms with Gasteiger partial charge in [-0.15, -0.1) is 0 Å². The van der Waals surface area contributed by atoms with Gasteiger partial charge in [0.05, 0.1) is 28.8 Å². The van der Waals surface area contributed by atoms with E-state index in [0.29, 0.717) is 18.4 Å². The lowest BCUT2D eigenvalue weighted by atomic mass is 10.1. The predicted octanol–water partition coefficient (Wildman–Crippen LogP) is 5.94. The highest BCUT2D eigenvalue weighted by molar-refractivity contribution is 7.80. The molecule has 4 heterocycles. The number of fused-ring (bicyclic) bond motifs is 1. The SMILES string of the molecule is C/C=C(\C=C(\F)CC)CCS.CC1CC(Cn2ccc3nc(-c4cn[nH]c4)ccc32)CN1. The maximum absolute atomic E-state index is 12.7. The van der Waals surface area contributed by atoms with Crippen molar-refractivity contribution >= 4 is 23.7 Å². The highest BCUT2D eigenvalue weighted by Crippen LogP contribution is 2.23. The van der Waals surface area contributed by atoms with E-state index in [1.54, 1.807) is 19.2 Å². The second-order valence-electron chi connectivity index (χ2n) is 8.25. The van der Waals surface area contributed by atoms with Gasteiger partial charge in [0.25, 0.3) is 0 Å². The largest absolute Gasteiger partial charge is 0.346 e. The van der Waals surface area contributed by atoms with Crippen LogP contribution >= 0.6 is 12.6 Å². The zero-order chi connectivity index (χ0) is 22.9. The number of H-pyrrole nitrogens is 1. The van der Waals surface area contributed by atoms with Crippen LogP contribution in [0.15, 0.2) is 60.3 Å². The van der Waals surface area contributed by atoms with Gasteiger partial charge in [-0.25, -0.2) is 9.37 Å². The molecule has 1 aliphatic heterocycles. The topological polar surface area (TPSA) is 58.5 Å². The first-order valence-corrected chi connectivity index (χ1v) is 12.0. The molecule has 0 spiro atoms. The number of pyridine rings is 1. The lowest BCUT2D eigenvalue weighted by Gasteiger charge is -2.11. The van der Waals surface area contributed by atoms with Crippen LogP contribution in [0.3, 0.4) is 0 Å². The Bertz CT molecular complexity index is 1040. The van der Waals surface area contributed by atoms with E-state index in [1.165, 1.54) is 11.9 Å². The maximum Gasteiger partial charge on any atom is 0.0999 e. The molecule has 0 bridgehead atoms. The molecule has 1 fully saturated rings. The number of aromatic nitrogens is 4. The van der Waals surface area contributed by atoms with Crippen molar-refractivity contribution in [1.29, 1.82) is 0 Å². The fourth-order valence-electron chi connectivity index (χ4n) is 3.97. The molecule has 0 saturated carbocycles. The van der Waals surface area contributed by atoms with Crippen molar-refractivity contribution in [3.05, 3.63) is 60.3 Å². The number of nitrogens with one attached hydrogen (secondary N) is 2. The molecule has 5 nitrogen and oxygen atoms in total. The molecule has 32 heavy (non-hydrogen) atoms. The Balaban J connectivity index is 0.000000226. The van der Waals surface area contributed by atoms with E-state index in [2.05, 4.69) is 64.0 Å². The van der Waals surface area contributed by atoms with Crippen LogP contribution in [0, 0.1) is 5.92 Å². The predicted molar refractivity (Wildman–Crippen MR) is 135 cm³/mol. The van der Waals surface area contributed by atoms with Gasteiger partial charge in [-0.05, 0) is 81.2 Å². The van der Waals surface area contributed by atoms with Gasteiger partial charge in [0.1, 0.15) is 0 Å². The van der Waals surface area contributed by atoms with Crippen molar-refractivity contribution in [3.8, 4) is 11.3 Å².